The lowest BCUT2D eigenvalue weighted by Gasteiger charge is -2.60. The molecule has 4 N–H and O–H groups in total. The van der Waals surface area contributed by atoms with Crippen LogP contribution in [0.15, 0.2) is 11.6 Å². The molecule has 0 amide bonds. The number of rotatable bonds is 2. The van der Waals surface area contributed by atoms with Gasteiger partial charge in [0.1, 0.15) is 30.0 Å². The van der Waals surface area contributed by atoms with Crippen molar-refractivity contribution in [1.29, 1.82) is 0 Å². The van der Waals surface area contributed by atoms with Gasteiger partial charge in [-0.05, 0) is 96.7 Å². The van der Waals surface area contributed by atoms with E-state index in [0.29, 0.717) is 17.8 Å². The summed E-state index contributed by atoms with van der Waals surface area (Å²) in [5.41, 5.74) is 1.56. The van der Waals surface area contributed by atoms with Crippen LogP contribution in [-0.2, 0) is 23.7 Å². The maximum Gasteiger partial charge on any atom is 0.201 e. The van der Waals surface area contributed by atoms with Gasteiger partial charge in [0.15, 0.2) is 12.6 Å². The molecule has 0 aromatic heterocycles. The molecular formula is C35H52O9. The Morgan fingerprint density at radius 2 is 1.68 bits per heavy atom. The van der Waals surface area contributed by atoms with Crippen LogP contribution < -0.4 is 0 Å². The molecule has 9 aliphatic rings. The standard InChI is InChI=1S/C35H52O9/c1-17-13-35(27-32(6,43-27)28(39)44-35)42-19-14-31(5)21-8-7-20-29(2,3)22(41-26-25(38)24(37)18(36)15-40-26)9-10-33(20)16-34(21,33)12-11-30(31,4)23(17)19/h8,17-20,22-28,36-39H,7,9-16H2,1-6H3/t17-,18-,19-,20+,22-,23-,24+,25-,26+,27-,28+,30-,31+,32-,33-,34+,35+/m1/s1. The molecule has 17 atom stereocenters. The number of epoxide rings is 1. The van der Waals surface area contributed by atoms with Crippen molar-refractivity contribution in [3.8, 4) is 0 Å². The van der Waals surface area contributed by atoms with Crippen LogP contribution in [0.25, 0.3) is 0 Å². The van der Waals surface area contributed by atoms with E-state index in [1.54, 1.807) is 5.57 Å². The zero-order chi connectivity index (χ0) is 31.0. The maximum absolute atomic E-state index is 10.7. The van der Waals surface area contributed by atoms with Gasteiger partial charge in [0.05, 0.1) is 18.8 Å². The Labute approximate surface area is 260 Å². The quantitative estimate of drug-likeness (QED) is 0.272. The number of allylic oxidation sites excluding steroid dienone is 2. The normalized spacial score (nSPS) is 64.6. The molecule has 0 radical (unpaired) electrons. The van der Waals surface area contributed by atoms with E-state index in [9.17, 15) is 20.4 Å². The summed E-state index contributed by atoms with van der Waals surface area (Å²) in [5.74, 6) is 0.460. The van der Waals surface area contributed by atoms with E-state index in [1.165, 1.54) is 19.3 Å². The van der Waals surface area contributed by atoms with Crippen LogP contribution in [0.2, 0.25) is 0 Å². The topological polar surface area (TPSA) is 130 Å². The SMILES string of the molecule is C[C@@H]1C[C@]2(O[C@@H]3C[C@@]4(C)C5=CC[C@H]6C(C)(C)[C@H](O[C@@H]7OC[C@@H](O)[C@H](O)[C@H]7O)CC[C@@]67C[C@@]57CC[C@]4(C)[C@H]13)O[C@H](O)[C@]1(C)O[C@@H]21. The molecule has 3 spiro atoms. The van der Waals surface area contributed by atoms with Crippen LogP contribution in [0.3, 0.4) is 0 Å². The fraction of sp³-hybridized carbons (Fsp3) is 0.943. The predicted molar refractivity (Wildman–Crippen MR) is 157 cm³/mol. The third kappa shape index (κ3) is 3.19. The van der Waals surface area contributed by atoms with Crippen molar-refractivity contribution >= 4 is 0 Å². The molecule has 0 unspecified atom stereocenters. The summed E-state index contributed by atoms with van der Waals surface area (Å²) in [6, 6.07) is 0. The van der Waals surface area contributed by atoms with E-state index in [4.69, 9.17) is 23.7 Å². The number of aliphatic hydroxyl groups excluding tert-OH is 4. The number of hydrogen-bond acceptors (Lipinski definition) is 9. The highest BCUT2D eigenvalue weighted by atomic mass is 16.8. The number of aliphatic hydroxyl groups is 4. The Morgan fingerprint density at radius 1 is 0.909 bits per heavy atom. The highest BCUT2D eigenvalue weighted by Gasteiger charge is 2.83. The Balaban J connectivity index is 1.00. The van der Waals surface area contributed by atoms with Crippen molar-refractivity contribution in [3.63, 3.8) is 0 Å². The average molecular weight is 617 g/mol. The maximum atomic E-state index is 10.7. The fourth-order valence-corrected chi connectivity index (χ4v) is 13.4. The monoisotopic (exact) mass is 616 g/mol. The second kappa shape index (κ2) is 8.50. The van der Waals surface area contributed by atoms with Crippen LogP contribution >= 0.6 is 0 Å². The summed E-state index contributed by atoms with van der Waals surface area (Å²) in [6.45, 7) is 14.0. The zero-order valence-corrected chi connectivity index (χ0v) is 27.1. The van der Waals surface area contributed by atoms with E-state index >= 15 is 0 Å². The molecule has 0 aromatic rings. The van der Waals surface area contributed by atoms with Gasteiger partial charge in [-0.15, -0.1) is 0 Å². The molecule has 9 nitrogen and oxygen atoms in total. The van der Waals surface area contributed by atoms with E-state index in [1.807, 2.05) is 6.92 Å². The summed E-state index contributed by atoms with van der Waals surface area (Å²) in [4.78, 5) is 0. The van der Waals surface area contributed by atoms with Gasteiger partial charge in [-0.3, -0.25) is 0 Å². The molecule has 4 heterocycles. The summed E-state index contributed by atoms with van der Waals surface area (Å²) in [6.07, 6.45) is 5.31. The number of fused-ring (bicyclic) bond motifs is 6. The second-order valence-electron chi connectivity index (χ2n) is 17.8. The molecule has 44 heavy (non-hydrogen) atoms. The number of hydrogen-bond donors (Lipinski definition) is 4. The molecule has 4 aliphatic heterocycles. The first kappa shape index (κ1) is 29.5. The predicted octanol–water partition coefficient (Wildman–Crippen LogP) is 3.41. The van der Waals surface area contributed by atoms with Crippen molar-refractivity contribution < 1.29 is 44.1 Å². The molecule has 5 aliphatic carbocycles. The molecule has 9 rings (SSSR count). The lowest BCUT2D eigenvalue weighted by molar-refractivity contribution is -0.344. The molecule has 9 heteroatoms. The third-order valence-corrected chi connectivity index (χ3v) is 15.8. The van der Waals surface area contributed by atoms with Gasteiger partial charge in [0, 0.05) is 6.42 Å². The average Bonchev–Trinajstić information content (AvgIpc) is 3.80. The van der Waals surface area contributed by atoms with E-state index < -0.39 is 42.3 Å². The van der Waals surface area contributed by atoms with Crippen molar-refractivity contribution in [1.82, 2.24) is 0 Å². The summed E-state index contributed by atoms with van der Waals surface area (Å²) in [5, 5.41) is 41.4. The van der Waals surface area contributed by atoms with E-state index in [-0.39, 0.29) is 52.0 Å². The fourth-order valence-electron chi connectivity index (χ4n) is 13.4. The van der Waals surface area contributed by atoms with E-state index in [0.717, 1.165) is 32.1 Å². The zero-order valence-electron chi connectivity index (χ0n) is 27.1. The van der Waals surface area contributed by atoms with Gasteiger partial charge in [-0.25, -0.2) is 0 Å². The Kier molecular flexibility index (Phi) is 5.70. The Morgan fingerprint density at radius 3 is 2.39 bits per heavy atom. The minimum Gasteiger partial charge on any atom is -0.388 e. The molecule has 0 aromatic carbocycles. The van der Waals surface area contributed by atoms with Gasteiger partial charge >= 0.3 is 0 Å². The third-order valence-electron chi connectivity index (χ3n) is 15.8. The largest absolute Gasteiger partial charge is 0.388 e. The molecule has 246 valence electrons. The van der Waals surface area contributed by atoms with Crippen LogP contribution in [-0.4, -0.2) is 87.6 Å². The lowest BCUT2D eigenvalue weighted by Crippen LogP contribution is -2.58. The molecule has 0 bridgehead atoms. The Hall–Kier alpha value is -0.620. The first-order chi connectivity index (χ1) is 20.6. The summed E-state index contributed by atoms with van der Waals surface area (Å²) < 4.78 is 31.3. The van der Waals surface area contributed by atoms with Gasteiger partial charge in [-0.1, -0.05) is 46.3 Å². The highest BCUT2D eigenvalue weighted by molar-refractivity contribution is 5.46. The minimum absolute atomic E-state index is 0.0360. The second-order valence-corrected chi connectivity index (χ2v) is 17.8. The molecular weight excluding hydrogens is 564 g/mol. The van der Waals surface area contributed by atoms with Crippen molar-refractivity contribution in [2.24, 2.45) is 44.8 Å². The number of ether oxygens (including phenoxy) is 5. The smallest absolute Gasteiger partial charge is 0.201 e. The van der Waals surface area contributed by atoms with Gasteiger partial charge in [-0.2, -0.15) is 0 Å². The highest BCUT2D eigenvalue weighted by Crippen LogP contribution is 2.88. The lowest BCUT2D eigenvalue weighted by atomic mass is 9.45. The van der Waals surface area contributed by atoms with Crippen LogP contribution in [0, 0.1) is 44.8 Å². The molecule has 4 saturated carbocycles. The molecule has 8 fully saturated rings. The van der Waals surface area contributed by atoms with Gasteiger partial charge < -0.3 is 44.1 Å². The first-order valence-electron chi connectivity index (χ1n) is 17.3. The van der Waals surface area contributed by atoms with Crippen molar-refractivity contribution in [2.45, 2.75) is 154 Å². The molecule has 4 saturated heterocycles. The minimum atomic E-state index is -1.26. The summed E-state index contributed by atoms with van der Waals surface area (Å²) in [7, 11) is 0. The van der Waals surface area contributed by atoms with Crippen LogP contribution in [0.4, 0.5) is 0 Å². The summed E-state index contributed by atoms with van der Waals surface area (Å²) >= 11 is 0. The van der Waals surface area contributed by atoms with Gasteiger partial charge in [0.25, 0.3) is 0 Å². The van der Waals surface area contributed by atoms with Crippen molar-refractivity contribution in [2.75, 3.05) is 6.61 Å². The van der Waals surface area contributed by atoms with Crippen LogP contribution in [0.5, 0.6) is 0 Å². The van der Waals surface area contributed by atoms with Crippen LogP contribution in [0.1, 0.15) is 92.9 Å². The first-order valence-corrected chi connectivity index (χ1v) is 17.3. The Bertz CT molecular complexity index is 1300. The van der Waals surface area contributed by atoms with Crippen molar-refractivity contribution in [3.05, 3.63) is 11.6 Å². The van der Waals surface area contributed by atoms with Gasteiger partial charge in [0.2, 0.25) is 5.79 Å². The van der Waals surface area contributed by atoms with E-state index in [2.05, 4.69) is 40.7 Å².